The maximum atomic E-state index is 5.91. The van der Waals surface area contributed by atoms with E-state index in [1.54, 1.807) is 6.33 Å². The van der Waals surface area contributed by atoms with Crippen molar-refractivity contribution in [1.82, 2.24) is 9.97 Å². The van der Waals surface area contributed by atoms with Crippen LogP contribution in [0.2, 0.25) is 0 Å². The lowest BCUT2D eigenvalue weighted by Crippen LogP contribution is -2.14. The Morgan fingerprint density at radius 1 is 1.12 bits per heavy atom. The van der Waals surface area contributed by atoms with Crippen LogP contribution in [0.15, 0.2) is 29.0 Å². The van der Waals surface area contributed by atoms with Gasteiger partial charge in [-0.25, -0.2) is 9.97 Å². The van der Waals surface area contributed by atoms with E-state index in [2.05, 4.69) is 70.2 Å². The Hall–Kier alpha value is -1.62. The average Bonchev–Trinajstić information content (AvgIpc) is 2.61. The van der Waals surface area contributed by atoms with Gasteiger partial charge in [-0.2, -0.15) is 0 Å². The monoisotopic (exact) mass is 405 g/mol. The van der Waals surface area contributed by atoms with Crippen molar-refractivity contribution in [3.63, 3.8) is 0 Å². The second-order valence-corrected chi connectivity index (χ2v) is 7.00. The summed E-state index contributed by atoms with van der Waals surface area (Å²) in [5.74, 6) is 1.78. The quantitative estimate of drug-likeness (QED) is 0.542. The molecule has 5 heteroatoms. The molecule has 0 saturated carbocycles. The Morgan fingerprint density at radius 3 is 2.68 bits per heavy atom. The zero-order chi connectivity index (χ0) is 18.1. The zero-order valence-corrected chi connectivity index (χ0v) is 17.0. The Balaban J connectivity index is 1.84. The van der Waals surface area contributed by atoms with Gasteiger partial charge in [0.15, 0.2) is 0 Å². The molecule has 0 unspecified atom stereocenters. The Kier molecular flexibility index (Phi) is 8.19. The summed E-state index contributed by atoms with van der Waals surface area (Å²) in [5, 5.41) is 3.32. The second-order valence-electron chi connectivity index (χ2n) is 6.21. The van der Waals surface area contributed by atoms with Crippen LogP contribution in [0.25, 0.3) is 0 Å². The lowest BCUT2D eigenvalue weighted by atomic mass is 10.1. The first-order valence-corrected chi connectivity index (χ1v) is 9.90. The van der Waals surface area contributed by atoms with Crippen molar-refractivity contribution in [3.05, 3.63) is 45.8 Å². The number of nitrogens with one attached hydrogen (secondary N) is 1. The molecule has 25 heavy (non-hydrogen) atoms. The number of anilines is 1. The van der Waals surface area contributed by atoms with E-state index in [1.165, 1.54) is 24.0 Å². The number of benzene rings is 1. The maximum Gasteiger partial charge on any atom is 0.144 e. The standard InChI is InChI=1S/C20H28BrN3O/c1-4-6-8-16-9-10-18(15(3)13-16)25-12-11-22-20-19(21)17(7-5-2)23-14-24-20/h9-10,13-14H,4-8,11-12H2,1-3H3,(H,22,23,24). The van der Waals surface area contributed by atoms with Gasteiger partial charge < -0.3 is 10.1 Å². The molecule has 0 aliphatic heterocycles. The smallest absolute Gasteiger partial charge is 0.144 e. The van der Waals surface area contributed by atoms with Crippen molar-refractivity contribution < 1.29 is 4.74 Å². The predicted molar refractivity (Wildman–Crippen MR) is 108 cm³/mol. The molecular weight excluding hydrogens is 378 g/mol. The highest BCUT2D eigenvalue weighted by molar-refractivity contribution is 9.10. The number of rotatable bonds is 10. The third kappa shape index (κ3) is 5.99. The van der Waals surface area contributed by atoms with E-state index in [1.807, 2.05) is 0 Å². The first-order chi connectivity index (χ1) is 12.2. The summed E-state index contributed by atoms with van der Waals surface area (Å²) in [7, 11) is 0. The Bertz CT molecular complexity index is 676. The Labute approximate surface area is 159 Å². The van der Waals surface area contributed by atoms with Crippen molar-refractivity contribution >= 4 is 21.7 Å². The van der Waals surface area contributed by atoms with Crippen LogP contribution in [0.3, 0.4) is 0 Å². The van der Waals surface area contributed by atoms with Crippen molar-refractivity contribution in [3.8, 4) is 5.75 Å². The highest BCUT2D eigenvalue weighted by Gasteiger charge is 2.07. The molecule has 0 aliphatic carbocycles. The van der Waals surface area contributed by atoms with Crippen LogP contribution >= 0.6 is 15.9 Å². The van der Waals surface area contributed by atoms with Crippen LogP contribution in [0.4, 0.5) is 5.82 Å². The van der Waals surface area contributed by atoms with Gasteiger partial charge in [-0.1, -0.05) is 38.8 Å². The molecule has 0 radical (unpaired) electrons. The normalized spacial score (nSPS) is 10.7. The molecule has 0 aliphatic rings. The molecule has 1 N–H and O–H groups in total. The third-order valence-electron chi connectivity index (χ3n) is 4.06. The van der Waals surface area contributed by atoms with Gasteiger partial charge in [-0.05, 0) is 59.3 Å². The Morgan fingerprint density at radius 2 is 1.96 bits per heavy atom. The molecular formula is C20H28BrN3O. The second kappa shape index (κ2) is 10.4. The van der Waals surface area contributed by atoms with Crippen LogP contribution in [0, 0.1) is 6.92 Å². The van der Waals surface area contributed by atoms with E-state index >= 15 is 0 Å². The van der Waals surface area contributed by atoms with Gasteiger partial charge in [0, 0.05) is 0 Å². The van der Waals surface area contributed by atoms with Crippen molar-refractivity contribution in [2.24, 2.45) is 0 Å². The summed E-state index contributed by atoms with van der Waals surface area (Å²) < 4.78 is 6.87. The highest BCUT2D eigenvalue weighted by atomic mass is 79.9. The largest absolute Gasteiger partial charge is 0.491 e. The van der Waals surface area contributed by atoms with E-state index in [0.717, 1.165) is 41.0 Å². The molecule has 2 aromatic rings. The van der Waals surface area contributed by atoms with Crippen molar-refractivity contribution in [2.75, 3.05) is 18.5 Å². The summed E-state index contributed by atoms with van der Waals surface area (Å²) in [5.41, 5.74) is 3.62. The summed E-state index contributed by atoms with van der Waals surface area (Å²) in [6.45, 7) is 7.76. The van der Waals surface area contributed by atoms with E-state index in [4.69, 9.17) is 4.74 Å². The maximum absolute atomic E-state index is 5.91. The number of halogens is 1. The molecule has 1 aromatic carbocycles. The molecule has 0 fully saturated rings. The average molecular weight is 406 g/mol. The van der Waals surface area contributed by atoms with Crippen LogP contribution in [-0.4, -0.2) is 23.1 Å². The van der Waals surface area contributed by atoms with Gasteiger partial charge in [0.2, 0.25) is 0 Å². The third-order valence-corrected chi connectivity index (χ3v) is 4.89. The zero-order valence-electron chi connectivity index (χ0n) is 15.4. The molecule has 0 bridgehead atoms. The van der Waals surface area contributed by atoms with Gasteiger partial charge in [0.1, 0.15) is 24.5 Å². The predicted octanol–water partition coefficient (Wildman–Crippen LogP) is 5.33. The number of hydrogen-bond donors (Lipinski definition) is 1. The van der Waals surface area contributed by atoms with E-state index < -0.39 is 0 Å². The fourth-order valence-corrected chi connectivity index (χ4v) is 3.22. The van der Waals surface area contributed by atoms with E-state index in [-0.39, 0.29) is 0 Å². The minimum absolute atomic E-state index is 0.592. The van der Waals surface area contributed by atoms with E-state index in [0.29, 0.717) is 13.2 Å². The molecule has 0 saturated heterocycles. The number of aryl methyl sites for hydroxylation is 3. The molecule has 0 atom stereocenters. The topological polar surface area (TPSA) is 47.0 Å². The van der Waals surface area contributed by atoms with Crippen LogP contribution < -0.4 is 10.1 Å². The van der Waals surface area contributed by atoms with Gasteiger partial charge in [0.25, 0.3) is 0 Å². The summed E-state index contributed by atoms with van der Waals surface area (Å²) in [6.07, 6.45) is 7.21. The minimum Gasteiger partial charge on any atom is -0.491 e. The van der Waals surface area contributed by atoms with Crippen LogP contribution in [-0.2, 0) is 12.8 Å². The number of nitrogens with zero attached hydrogens (tertiary/aromatic N) is 2. The minimum atomic E-state index is 0.592. The first kappa shape index (κ1) is 19.7. The van der Waals surface area contributed by atoms with E-state index in [9.17, 15) is 0 Å². The molecule has 4 nitrogen and oxygen atoms in total. The number of aromatic nitrogens is 2. The lowest BCUT2D eigenvalue weighted by Gasteiger charge is -2.13. The number of unbranched alkanes of at least 4 members (excludes halogenated alkanes) is 1. The highest BCUT2D eigenvalue weighted by Crippen LogP contribution is 2.23. The fraction of sp³-hybridized carbons (Fsp3) is 0.500. The fourth-order valence-electron chi connectivity index (χ4n) is 2.68. The molecule has 136 valence electrons. The molecule has 1 aromatic heterocycles. The van der Waals surface area contributed by atoms with Crippen molar-refractivity contribution in [2.45, 2.75) is 52.9 Å². The van der Waals surface area contributed by atoms with Crippen molar-refractivity contribution in [1.29, 1.82) is 0 Å². The van der Waals surface area contributed by atoms with Gasteiger partial charge in [0.05, 0.1) is 16.7 Å². The summed E-state index contributed by atoms with van der Waals surface area (Å²) >= 11 is 3.59. The molecule has 2 rings (SSSR count). The van der Waals surface area contributed by atoms with Gasteiger partial charge in [-0.15, -0.1) is 0 Å². The molecule has 0 spiro atoms. The van der Waals surface area contributed by atoms with Crippen LogP contribution in [0.1, 0.15) is 49.9 Å². The SMILES string of the molecule is CCCCc1ccc(OCCNc2ncnc(CCC)c2Br)c(C)c1. The molecule has 1 heterocycles. The van der Waals surface area contributed by atoms with Crippen LogP contribution in [0.5, 0.6) is 5.75 Å². The lowest BCUT2D eigenvalue weighted by molar-refractivity contribution is 0.330. The number of ether oxygens (including phenoxy) is 1. The summed E-state index contributed by atoms with van der Waals surface area (Å²) in [6, 6.07) is 6.49. The summed E-state index contributed by atoms with van der Waals surface area (Å²) in [4.78, 5) is 8.62. The van der Waals surface area contributed by atoms with Gasteiger partial charge in [-0.3, -0.25) is 0 Å². The number of hydrogen-bond acceptors (Lipinski definition) is 4. The van der Waals surface area contributed by atoms with Gasteiger partial charge >= 0.3 is 0 Å². The first-order valence-electron chi connectivity index (χ1n) is 9.11. The molecule has 0 amide bonds.